The number of carbonyl (C=O) groups is 2. The molecule has 2 aromatic carbocycles. The molecule has 0 saturated carbocycles. The maximum absolute atomic E-state index is 13.2. The third-order valence-corrected chi connectivity index (χ3v) is 4.39. The second-order valence-corrected chi connectivity index (χ2v) is 6.63. The number of benzene rings is 2. The average Bonchev–Trinajstić information content (AvgIpc) is 2.74. The standard InChI is InChI=1S/C22H17F3N2O5/c1-12-9-15(31-2)5-8-18(12)32-19-7-3-13(22(23,24)25)10-16(19)20(28)27-14-4-6-17(21(29)30)26-11-14/h3-11H,1-2H3,(H,27,28)(H,29,30). The number of hydrogen-bond donors (Lipinski definition) is 2. The molecule has 0 aliphatic rings. The van der Waals surface area contributed by atoms with Gasteiger partial charge in [-0.1, -0.05) is 0 Å². The summed E-state index contributed by atoms with van der Waals surface area (Å²) in [4.78, 5) is 27.3. The van der Waals surface area contributed by atoms with Crippen molar-refractivity contribution in [3.8, 4) is 17.2 Å². The lowest BCUT2D eigenvalue weighted by atomic mass is 10.1. The van der Waals surface area contributed by atoms with Crippen LogP contribution in [0.2, 0.25) is 0 Å². The highest BCUT2D eigenvalue weighted by atomic mass is 19.4. The summed E-state index contributed by atoms with van der Waals surface area (Å²) >= 11 is 0. The van der Waals surface area contributed by atoms with Crippen molar-refractivity contribution in [1.29, 1.82) is 0 Å². The number of nitrogens with one attached hydrogen (secondary N) is 1. The first-order chi connectivity index (χ1) is 15.1. The molecule has 0 aliphatic heterocycles. The Bertz CT molecular complexity index is 1160. The number of amides is 1. The van der Waals surface area contributed by atoms with Crippen molar-refractivity contribution in [2.75, 3.05) is 12.4 Å². The molecule has 0 fully saturated rings. The minimum absolute atomic E-state index is 0.0983. The first-order valence-corrected chi connectivity index (χ1v) is 9.13. The van der Waals surface area contributed by atoms with Crippen molar-refractivity contribution in [2.45, 2.75) is 13.1 Å². The van der Waals surface area contributed by atoms with E-state index in [1.165, 1.54) is 13.2 Å². The number of carboxylic acids is 1. The van der Waals surface area contributed by atoms with Gasteiger partial charge in [-0.3, -0.25) is 4.79 Å². The van der Waals surface area contributed by atoms with Crippen molar-refractivity contribution < 1.29 is 37.3 Å². The van der Waals surface area contributed by atoms with Crippen LogP contribution in [0.15, 0.2) is 54.7 Å². The van der Waals surface area contributed by atoms with Crippen LogP contribution in [-0.2, 0) is 6.18 Å². The van der Waals surface area contributed by atoms with Gasteiger partial charge in [-0.05, 0) is 61.0 Å². The maximum Gasteiger partial charge on any atom is 0.416 e. The Kier molecular flexibility index (Phi) is 6.33. The van der Waals surface area contributed by atoms with Crippen molar-refractivity contribution in [1.82, 2.24) is 4.98 Å². The second kappa shape index (κ2) is 8.96. The summed E-state index contributed by atoms with van der Waals surface area (Å²) in [6, 6.07) is 9.85. The third-order valence-electron chi connectivity index (χ3n) is 4.39. The van der Waals surface area contributed by atoms with Crippen LogP contribution in [-0.4, -0.2) is 29.1 Å². The van der Waals surface area contributed by atoms with E-state index in [9.17, 15) is 22.8 Å². The van der Waals surface area contributed by atoms with E-state index in [0.29, 0.717) is 23.1 Å². The maximum atomic E-state index is 13.2. The van der Waals surface area contributed by atoms with E-state index in [4.69, 9.17) is 14.6 Å². The van der Waals surface area contributed by atoms with Gasteiger partial charge in [0.25, 0.3) is 5.91 Å². The molecule has 0 spiro atoms. The Morgan fingerprint density at radius 2 is 1.75 bits per heavy atom. The highest BCUT2D eigenvalue weighted by molar-refractivity contribution is 6.06. The molecule has 7 nitrogen and oxygen atoms in total. The van der Waals surface area contributed by atoms with E-state index in [1.54, 1.807) is 25.1 Å². The number of hydrogen-bond acceptors (Lipinski definition) is 5. The highest BCUT2D eigenvalue weighted by Gasteiger charge is 2.32. The van der Waals surface area contributed by atoms with Crippen molar-refractivity contribution >= 4 is 17.6 Å². The number of carboxylic acid groups (broad SMARTS) is 1. The van der Waals surface area contributed by atoms with E-state index in [-0.39, 0.29) is 22.7 Å². The number of aromatic carboxylic acids is 1. The van der Waals surface area contributed by atoms with E-state index in [2.05, 4.69) is 10.3 Å². The number of carbonyl (C=O) groups excluding carboxylic acids is 1. The van der Waals surface area contributed by atoms with Crippen LogP contribution >= 0.6 is 0 Å². The topological polar surface area (TPSA) is 97.8 Å². The van der Waals surface area contributed by atoms with Crippen LogP contribution < -0.4 is 14.8 Å². The SMILES string of the molecule is COc1ccc(Oc2ccc(C(F)(F)F)cc2C(=O)Nc2ccc(C(=O)O)nc2)c(C)c1. The minimum Gasteiger partial charge on any atom is -0.497 e. The summed E-state index contributed by atoms with van der Waals surface area (Å²) in [5.74, 6) is -1.35. The monoisotopic (exact) mass is 446 g/mol. The molecule has 0 saturated heterocycles. The van der Waals surface area contributed by atoms with Gasteiger partial charge in [-0.25, -0.2) is 9.78 Å². The van der Waals surface area contributed by atoms with Gasteiger partial charge in [-0.15, -0.1) is 0 Å². The first kappa shape index (κ1) is 22.6. The lowest BCUT2D eigenvalue weighted by Crippen LogP contribution is -2.15. The Labute approximate surface area is 180 Å². The fourth-order valence-electron chi connectivity index (χ4n) is 2.75. The predicted molar refractivity (Wildman–Crippen MR) is 108 cm³/mol. The Hall–Kier alpha value is -4.08. The highest BCUT2D eigenvalue weighted by Crippen LogP contribution is 2.35. The average molecular weight is 446 g/mol. The largest absolute Gasteiger partial charge is 0.497 e. The molecular formula is C22H17F3N2O5. The number of aryl methyl sites for hydroxylation is 1. The predicted octanol–water partition coefficient (Wildman–Crippen LogP) is 5.16. The molecule has 0 radical (unpaired) electrons. The molecule has 166 valence electrons. The van der Waals surface area contributed by atoms with Crippen molar-refractivity contribution in [2.24, 2.45) is 0 Å². The zero-order valence-electron chi connectivity index (χ0n) is 16.9. The quantitative estimate of drug-likeness (QED) is 0.543. The molecule has 0 unspecified atom stereocenters. The Morgan fingerprint density at radius 3 is 2.31 bits per heavy atom. The van der Waals surface area contributed by atoms with Gasteiger partial charge in [0.05, 0.1) is 30.1 Å². The molecule has 2 N–H and O–H groups in total. The summed E-state index contributed by atoms with van der Waals surface area (Å²) in [7, 11) is 1.49. The summed E-state index contributed by atoms with van der Waals surface area (Å²) in [6.45, 7) is 1.72. The second-order valence-electron chi connectivity index (χ2n) is 6.63. The smallest absolute Gasteiger partial charge is 0.416 e. The first-order valence-electron chi connectivity index (χ1n) is 9.13. The fourth-order valence-corrected chi connectivity index (χ4v) is 2.75. The third kappa shape index (κ3) is 5.15. The Morgan fingerprint density at radius 1 is 1.03 bits per heavy atom. The normalized spacial score (nSPS) is 11.0. The molecule has 1 heterocycles. The molecule has 10 heteroatoms. The molecule has 1 amide bonds. The zero-order chi connectivity index (χ0) is 23.5. The lowest BCUT2D eigenvalue weighted by molar-refractivity contribution is -0.137. The Balaban J connectivity index is 1.96. The number of methoxy groups -OCH3 is 1. The van der Waals surface area contributed by atoms with Gasteiger partial charge < -0.3 is 19.9 Å². The van der Waals surface area contributed by atoms with Gasteiger partial charge in [0.15, 0.2) is 0 Å². The van der Waals surface area contributed by atoms with Gasteiger partial charge in [0, 0.05) is 0 Å². The lowest BCUT2D eigenvalue weighted by Gasteiger charge is -2.16. The van der Waals surface area contributed by atoms with Gasteiger partial charge in [0.1, 0.15) is 22.9 Å². The van der Waals surface area contributed by atoms with Crippen LogP contribution in [0.4, 0.5) is 18.9 Å². The van der Waals surface area contributed by atoms with Crippen LogP contribution in [0.25, 0.3) is 0 Å². The summed E-state index contributed by atoms with van der Waals surface area (Å²) in [5.41, 5.74) is -0.896. The van der Waals surface area contributed by atoms with Gasteiger partial charge in [-0.2, -0.15) is 13.2 Å². The molecule has 32 heavy (non-hydrogen) atoms. The summed E-state index contributed by atoms with van der Waals surface area (Å²) < 4.78 is 50.6. The van der Waals surface area contributed by atoms with Crippen LogP contribution in [0.1, 0.15) is 32.0 Å². The molecule has 3 rings (SSSR count). The number of halogens is 3. The van der Waals surface area contributed by atoms with E-state index in [1.807, 2.05) is 0 Å². The summed E-state index contributed by atoms with van der Waals surface area (Å²) in [5, 5.41) is 11.3. The minimum atomic E-state index is -4.67. The van der Waals surface area contributed by atoms with Crippen LogP contribution in [0, 0.1) is 6.92 Å². The van der Waals surface area contributed by atoms with Crippen LogP contribution in [0.3, 0.4) is 0 Å². The molecule has 1 aromatic heterocycles. The number of rotatable bonds is 6. The van der Waals surface area contributed by atoms with Crippen molar-refractivity contribution in [3.63, 3.8) is 0 Å². The number of anilines is 1. The number of pyridine rings is 1. The zero-order valence-corrected chi connectivity index (χ0v) is 16.9. The molecule has 0 bridgehead atoms. The molecular weight excluding hydrogens is 429 g/mol. The van der Waals surface area contributed by atoms with E-state index < -0.39 is 23.6 Å². The number of nitrogens with zero attached hydrogens (tertiary/aromatic N) is 1. The number of ether oxygens (including phenoxy) is 2. The van der Waals surface area contributed by atoms with Crippen molar-refractivity contribution in [3.05, 3.63) is 77.1 Å². The van der Waals surface area contributed by atoms with E-state index >= 15 is 0 Å². The van der Waals surface area contributed by atoms with Crippen LogP contribution in [0.5, 0.6) is 17.2 Å². The fraction of sp³-hybridized carbons (Fsp3) is 0.136. The molecule has 0 atom stereocenters. The summed E-state index contributed by atoms with van der Waals surface area (Å²) in [6.07, 6.45) is -3.59. The van der Waals surface area contributed by atoms with Gasteiger partial charge >= 0.3 is 12.1 Å². The number of aromatic nitrogens is 1. The molecule has 0 aliphatic carbocycles. The number of alkyl halides is 3. The molecule has 3 aromatic rings. The van der Waals surface area contributed by atoms with E-state index in [0.717, 1.165) is 24.4 Å². The van der Waals surface area contributed by atoms with Gasteiger partial charge in [0.2, 0.25) is 0 Å².